The monoisotopic (exact) mass is 678 g/mol. The molecule has 1 aromatic carbocycles. The summed E-state index contributed by atoms with van der Waals surface area (Å²) in [4.78, 5) is 73.7. The highest BCUT2D eigenvalue weighted by Crippen LogP contribution is 2.45. The number of nitrogens with one attached hydrogen (secondary N) is 3. The maximum absolute atomic E-state index is 14.5. The van der Waals surface area contributed by atoms with E-state index in [0.717, 1.165) is 43.2 Å². The highest BCUT2D eigenvalue weighted by molar-refractivity contribution is 5.98. The quantitative estimate of drug-likeness (QED) is 0.404. The van der Waals surface area contributed by atoms with Gasteiger partial charge in [-0.1, -0.05) is 57.9 Å². The van der Waals surface area contributed by atoms with E-state index < -0.39 is 47.0 Å². The van der Waals surface area contributed by atoms with Crippen molar-refractivity contribution in [2.24, 2.45) is 11.3 Å². The Balaban J connectivity index is 1.46. The number of fused-ring (bicyclic) bond motifs is 3. The van der Waals surface area contributed by atoms with Crippen LogP contribution in [0.5, 0.6) is 0 Å². The second kappa shape index (κ2) is 14.4. The van der Waals surface area contributed by atoms with E-state index in [4.69, 9.17) is 4.74 Å². The molecule has 1 aliphatic carbocycles. The molecule has 3 aliphatic heterocycles. The summed E-state index contributed by atoms with van der Waals surface area (Å²) in [5.74, 6) is -1.55. The summed E-state index contributed by atoms with van der Waals surface area (Å²) >= 11 is 0. The Bertz CT molecular complexity index is 1470. The third-order valence-electron chi connectivity index (χ3n) is 10.6. The molecule has 5 atom stereocenters. The Hall–Kier alpha value is -4.09. The summed E-state index contributed by atoms with van der Waals surface area (Å²) in [6.45, 7) is 14.8. The molecular weight excluding hydrogens is 624 g/mol. The van der Waals surface area contributed by atoms with Gasteiger partial charge in [-0.25, -0.2) is 9.59 Å². The maximum atomic E-state index is 14.5. The number of benzene rings is 1. The molecule has 4 bridgehead atoms. The minimum Gasteiger partial charge on any atom is -0.444 e. The van der Waals surface area contributed by atoms with E-state index in [1.807, 2.05) is 46.8 Å². The van der Waals surface area contributed by atoms with E-state index in [-0.39, 0.29) is 36.9 Å². The van der Waals surface area contributed by atoms with Gasteiger partial charge in [-0.3, -0.25) is 19.3 Å². The minimum absolute atomic E-state index is 0.0249. The molecule has 268 valence electrons. The van der Waals surface area contributed by atoms with Crippen molar-refractivity contribution in [3.63, 3.8) is 0 Å². The van der Waals surface area contributed by atoms with Crippen LogP contribution < -0.4 is 16.0 Å². The third kappa shape index (κ3) is 7.57. The van der Waals surface area contributed by atoms with Crippen molar-refractivity contribution in [2.75, 3.05) is 20.1 Å². The van der Waals surface area contributed by atoms with Gasteiger partial charge in [0.2, 0.25) is 17.7 Å². The van der Waals surface area contributed by atoms with Gasteiger partial charge >= 0.3 is 12.1 Å². The molecule has 3 heterocycles. The smallest absolute Gasteiger partial charge is 0.410 e. The summed E-state index contributed by atoms with van der Waals surface area (Å²) in [6, 6.07) is 3.78. The van der Waals surface area contributed by atoms with Crippen LogP contribution in [0.1, 0.15) is 89.8 Å². The summed E-state index contributed by atoms with van der Waals surface area (Å²) in [5, 5.41) is 8.56. The first-order valence-electron chi connectivity index (χ1n) is 17.8. The van der Waals surface area contributed by atoms with Crippen LogP contribution in [-0.2, 0) is 38.6 Å². The number of likely N-dealkylation sites (N-methyl/N-ethyl adjacent to an activating group) is 1. The van der Waals surface area contributed by atoms with Crippen LogP contribution in [0.15, 0.2) is 30.9 Å². The predicted octanol–water partition coefficient (Wildman–Crippen LogP) is 3.87. The lowest BCUT2D eigenvalue weighted by atomic mass is 9.85. The minimum atomic E-state index is -1.16. The van der Waals surface area contributed by atoms with Crippen LogP contribution in [0, 0.1) is 11.3 Å². The zero-order chi connectivity index (χ0) is 35.7. The number of carbonyl (C=O) groups excluding carboxylic acids is 5. The molecule has 12 nitrogen and oxygen atoms in total. The van der Waals surface area contributed by atoms with Crippen LogP contribution in [0.25, 0.3) is 0 Å². The topological polar surface area (TPSA) is 140 Å². The lowest BCUT2D eigenvalue weighted by molar-refractivity contribution is -0.142. The van der Waals surface area contributed by atoms with Gasteiger partial charge in [0.15, 0.2) is 0 Å². The Morgan fingerprint density at radius 2 is 1.80 bits per heavy atom. The normalized spacial score (nSPS) is 28.1. The Morgan fingerprint density at radius 3 is 2.45 bits per heavy atom. The Kier molecular flexibility index (Phi) is 10.6. The van der Waals surface area contributed by atoms with E-state index in [1.54, 1.807) is 15.9 Å². The fourth-order valence-electron chi connectivity index (χ4n) is 7.57. The maximum Gasteiger partial charge on any atom is 0.410 e. The lowest BCUT2D eigenvalue weighted by Gasteiger charge is -2.37. The third-order valence-corrected chi connectivity index (χ3v) is 10.6. The molecule has 1 saturated carbocycles. The molecule has 0 aromatic heterocycles. The Morgan fingerprint density at radius 1 is 1.08 bits per heavy atom. The van der Waals surface area contributed by atoms with Gasteiger partial charge in [0.25, 0.3) is 0 Å². The van der Waals surface area contributed by atoms with Crippen LogP contribution in [0.3, 0.4) is 0 Å². The van der Waals surface area contributed by atoms with Gasteiger partial charge < -0.3 is 30.5 Å². The van der Waals surface area contributed by atoms with Gasteiger partial charge in [0, 0.05) is 45.1 Å². The molecule has 6 amide bonds. The van der Waals surface area contributed by atoms with Gasteiger partial charge in [-0.15, -0.1) is 6.58 Å². The summed E-state index contributed by atoms with van der Waals surface area (Å²) in [5.41, 5.74) is 1.62. The number of amides is 6. The van der Waals surface area contributed by atoms with Crippen LogP contribution in [-0.4, -0.2) is 94.5 Å². The van der Waals surface area contributed by atoms with E-state index in [2.05, 4.69) is 28.6 Å². The molecule has 5 rings (SSSR count). The van der Waals surface area contributed by atoms with Crippen molar-refractivity contribution in [3.8, 4) is 0 Å². The molecule has 0 radical (unpaired) electrons. The first-order chi connectivity index (χ1) is 23.2. The Labute approximate surface area is 290 Å². The van der Waals surface area contributed by atoms with Crippen molar-refractivity contribution in [1.82, 2.24) is 30.7 Å². The van der Waals surface area contributed by atoms with Crippen molar-refractivity contribution in [2.45, 2.75) is 122 Å². The van der Waals surface area contributed by atoms with E-state index in [1.165, 1.54) is 17.5 Å². The fraction of sp³-hybridized carbons (Fsp3) is 0.649. The predicted molar refractivity (Wildman–Crippen MR) is 185 cm³/mol. The number of aryl methyl sites for hydroxylation is 1. The number of rotatable bonds is 5. The number of urea groups is 1. The number of nitrogens with zero attached hydrogens (tertiary/aromatic N) is 3. The number of hydrogen-bond donors (Lipinski definition) is 3. The number of hydrogen-bond acceptors (Lipinski definition) is 6. The van der Waals surface area contributed by atoms with Gasteiger partial charge in [-0.05, 0) is 61.6 Å². The van der Waals surface area contributed by atoms with E-state index in [9.17, 15) is 24.0 Å². The van der Waals surface area contributed by atoms with Gasteiger partial charge in [-0.2, -0.15) is 0 Å². The fourth-order valence-corrected chi connectivity index (χ4v) is 7.57. The lowest BCUT2D eigenvalue weighted by Crippen LogP contribution is -2.61. The number of carbonyl (C=O) groups is 5. The highest BCUT2D eigenvalue weighted by Gasteiger charge is 2.60. The standard InChI is InChI=1S/C37H54N6O6/c1-8-26-19-37(26,33(46)38-7)40-31(44)29-18-27-21-43(29)32(45)30(36(4,5)6)39-34(47)42(23(2)3)17-12-10-9-11-14-24-15-13-16-25-20-41(22-28(24)25)35(48)49-27/h8,13,15-16,23,26-27,29-30H,1,9-12,14,17-22H2,2-7H3,(H,38,46)(H,39,47)(H,40,44)/t26-,27-,29+,30-,37-/m1/s1. The molecule has 3 N–H and O–H groups in total. The van der Waals surface area contributed by atoms with Crippen LogP contribution >= 0.6 is 0 Å². The largest absolute Gasteiger partial charge is 0.444 e. The zero-order valence-corrected chi connectivity index (χ0v) is 30.0. The molecule has 0 spiro atoms. The first kappa shape index (κ1) is 36.2. The number of ether oxygens (including phenoxy) is 1. The zero-order valence-electron chi connectivity index (χ0n) is 30.0. The molecule has 49 heavy (non-hydrogen) atoms. The average molecular weight is 679 g/mol. The molecular formula is C37H54N6O6. The van der Waals surface area contributed by atoms with Crippen LogP contribution in [0.4, 0.5) is 9.59 Å². The molecule has 12 heteroatoms. The molecule has 4 aliphatic rings. The highest BCUT2D eigenvalue weighted by atomic mass is 16.6. The van der Waals surface area contributed by atoms with Gasteiger partial charge in [0.05, 0.1) is 6.54 Å². The average Bonchev–Trinajstić information content (AvgIpc) is 3.35. The van der Waals surface area contributed by atoms with E-state index >= 15 is 0 Å². The van der Waals surface area contributed by atoms with Crippen molar-refractivity contribution in [1.29, 1.82) is 0 Å². The second-order valence-corrected chi connectivity index (χ2v) is 15.4. The summed E-state index contributed by atoms with van der Waals surface area (Å²) in [7, 11) is 1.51. The second-order valence-electron chi connectivity index (χ2n) is 15.4. The summed E-state index contributed by atoms with van der Waals surface area (Å²) < 4.78 is 6.03. The summed E-state index contributed by atoms with van der Waals surface area (Å²) in [6.07, 6.45) is 5.55. The van der Waals surface area contributed by atoms with Crippen molar-refractivity contribution < 1.29 is 28.7 Å². The van der Waals surface area contributed by atoms with Crippen LogP contribution in [0.2, 0.25) is 0 Å². The SMILES string of the molecule is C=C[C@@H]1C[C@]1(NC(=O)[C@@H]1C[C@@H]2CN1C(=O)[C@H](C(C)(C)C)NC(=O)N(C(C)C)CCCCCCc1cccc3c1CN(C3)C(=O)O2)C(=O)NC. The molecule has 2 fully saturated rings. The molecule has 0 unspecified atom stereocenters. The molecule has 1 saturated heterocycles. The van der Waals surface area contributed by atoms with Crippen molar-refractivity contribution >= 4 is 29.8 Å². The van der Waals surface area contributed by atoms with Crippen molar-refractivity contribution in [3.05, 3.63) is 47.5 Å². The van der Waals surface area contributed by atoms with E-state index in [0.29, 0.717) is 26.1 Å². The molecule has 1 aromatic rings. The first-order valence-corrected chi connectivity index (χ1v) is 17.8. The van der Waals surface area contributed by atoms with Gasteiger partial charge in [0.1, 0.15) is 23.7 Å².